The van der Waals surface area contributed by atoms with E-state index in [1.807, 2.05) is 44.2 Å². The Balaban J connectivity index is 1.57. The van der Waals surface area contributed by atoms with Crippen LogP contribution in [-0.4, -0.2) is 22.4 Å². The van der Waals surface area contributed by atoms with Gasteiger partial charge in [0.15, 0.2) is 0 Å². The molecule has 6 heteroatoms. The Bertz CT molecular complexity index is 826. The normalized spacial score (nSPS) is 10.7. The minimum atomic E-state index is -0.0655. The Labute approximate surface area is 138 Å². The molecule has 0 aliphatic rings. The van der Waals surface area contributed by atoms with Crippen molar-refractivity contribution in [3.63, 3.8) is 0 Å². The lowest BCUT2D eigenvalue weighted by Gasteiger charge is -2.08. The highest BCUT2D eigenvalue weighted by molar-refractivity contribution is 7.18. The van der Waals surface area contributed by atoms with E-state index in [2.05, 4.69) is 20.6 Å². The molecule has 0 atom stereocenters. The van der Waals surface area contributed by atoms with E-state index in [0.29, 0.717) is 12.4 Å². The molecular formula is C17H18N4OS. The van der Waals surface area contributed by atoms with Crippen molar-refractivity contribution < 1.29 is 4.79 Å². The second-order valence-corrected chi connectivity index (χ2v) is 6.65. The number of hydrogen-bond donors (Lipinski definition) is 2. The summed E-state index contributed by atoms with van der Waals surface area (Å²) in [7, 11) is 0. The molecule has 2 heterocycles. The number of benzene rings is 1. The molecule has 0 fully saturated rings. The van der Waals surface area contributed by atoms with E-state index in [1.165, 1.54) is 16.8 Å². The van der Waals surface area contributed by atoms with Crippen molar-refractivity contribution in [1.82, 2.24) is 15.3 Å². The molecule has 0 aliphatic carbocycles. The third kappa shape index (κ3) is 3.84. The molecule has 0 bridgehead atoms. The number of nitrogens with zero attached hydrogens (tertiary/aromatic N) is 2. The smallest absolute Gasteiger partial charge is 0.239 e. The first-order valence-corrected chi connectivity index (χ1v) is 8.21. The van der Waals surface area contributed by atoms with Crippen LogP contribution >= 0.6 is 11.3 Å². The Morgan fingerprint density at radius 1 is 1.17 bits per heavy atom. The number of aromatic nitrogens is 2. The average molecular weight is 326 g/mol. The molecule has 0 unspecified atom stereocenters. The maximum Gasteiger partial charge on any atom is 0.239 e. The van der Waals surface area contributed by atoms with Crippen LogP contribution < -0.4 is 10.6 Å². The number of thiophene rings is 1. The van der Waals surface area contributed by atoms with Gasteiger partial charge in [0.25, 0.3) is 0 Å². The fourth-order valence-electron chi connectivity index (χ4n) is 2.25. The standard InChI is InChI=1S/C17H18N4OS/c1-11-3-5-13(6-4-11)8-18-15(22)9-19-16-14-7-12(2)23-17(14)21-10-20-16/h3-7,10H,8-9H2,1-2H3,(H,18,22)(H,19,20,21). The SMILES string of the molecule is Cc1ccc(CNC(=O)CNc2ncnc3sc(C)cc23)cc1. The minimum Gasteiger partial charge on any atom is -0.360 e. The number of carbonyl (C=O) groups excluding carboxylic acids is 1. The quantitative estimate of drug-likeness (QED) is 0.756. The lowest BCUT2D eigenvalue weighted by atomic mass is 10.1. The maximum atomic E-state index is 12.0. The van der Waals surface area contributed by atoms with Crippen LogP contribution in [0.1, 0.15) is 16.0 Å². The van der Waals surface area contributed by atoms with Crippen LogP contribution in [0.15, 0.2) is 36.7 Å². The van der Waals surface area contributed by atoms with Crippen LogP contribution in [0.25, 0.3) is 10.2 Å². The zero-order valence-corrected chi connectivity index (χ0v) is 13.9. The minimum absolute atomic E-state index is 0.0655. The van der Waals surface area contributed by atoms with E-state index in [-0.39, 0.29) is 12.5 Å². The molecule has 3 aromatic rings. The molecule has 3 rings (SSSR count). The van der Waals surface area contributed by atoms with Gasteiger partial charge in [0, 0.05) is 11.4 Å². The zero-order valence-electron chi connectivity index (χ0n) is 13.1. The van der Waals surface area contributed by atoms with Gasteiger partial charge in [-0.25, -0.2) is 9.97 Å². The van der Waals surface area contributed by atoms with E-state index in [4.69, 9.17) is 0 Å². The number of rotatable bonds is 5. The molecule has 23 heavy (non-hydrogen) atoms. The second-order valence-electron chi connectivity index (χ2n) is 5.41. The van der Waals surface area contributed by atoms with Crippen molar-refractivity contribution >= 4 is 33.3 Å². The van der Waals surface area contributed by atoms with Gasteiger partial charge in [-0.05, 0) is 25.5 Å². The summed E-state index contributed by atoms with van der Waals surface area (Å²) in [6.45, 7) is 4.79. The van der Waals surface area contributed by atoms with Crippen molar-refractivity contribution in [2.75, 3.05) is 11.9 Å². The number of aryl methyl sites for hydroxylation is 2. The molecule has 0 saturated carbocycles. The van der Waals surface area contributed by atoms with E-state index in [9.17, 15) is 4.79 Å². The Morgan fingerprint density at radius 3 is 2.74 bits per heavy atom. The Hall–Kier alpha value is -2.47. The zero-order chi connectivity index (χ0) is 16.2. The summed E-state index contributed by atoms with van der Waals surface area (Å²) < 4.78 is 0. The van der Waals surface area contributed by atoms with Crippen molar-refractivity contribution in [2.45, 2.75) is 20.4 Å². The molecular weight excluding hydrogens is 308 g/mol. The maximum absolute atomic E-state index is 12.0. The molecule has 2 N–H and O–H groups in total. The number of carbonyl (C=O) groups is 1. The molecule has 5 nitrogen and oxygen atoms in total. The van der Waals surface area contributed by atoms with Gasteiger partial charge in [0.1, 0.15) is 17.0 Å². The van der Waals surface area contributed by atoms with E-state index in [1.54, 1.807) is 11.3 Å². The van der Waals surface area contributed by atoms with Crippen LogP contribution in [-0.2, 0) is 11.3 Å². The van der Waals surface area contributed by atoms with Gasteiger partial charge in [-0.1, -0.05) is 29.8 Å². The fourth-order valence-corrected chi connectivity index (χ4v) is 3.10. The summed E-state index contributed by atoms with van der Waals surface area (Å²) >= 11 is 1.62. The van der Waals surface area contributed by atoms with Gasteiger partial charge in [0.05, 0.1) is 11.9 Å². The first-order chi connectivity index (χ1) is 11.1. The molecule has 0 saturated heterocycles. The third-order valence-electron chi connectivity index (χ3n) is 3.48. The summed E-state index contributed by atoms with van der Waals surface area (Å²) in [5, 5.41) is 6.95. The summed E-state index contributed by atoms with van der Waals surface area (Å²) in [5.74, 6) is 0.633. The number of hydrogen-bond acceptors (Lipinski definition) is 5. The van der Waals surface area contributed by atoms with Crippen molar-refractivity contribution in [3.8, 4) is 0 Å². The van der Waals surface area contributed by atoms with Gasteiger partial charge in [-0.3, -0.25) is 4.79 Å². The summed E-state index contributed by atoms with van der Waals surface area (Å²) in [4.78, 5) is 22.6. The van der Waals surface area contributed by atoms with Crippen molar-refractivity contribution in [3.05, 3.63) is 52.7 Å². The molecule has 2 aromatic heterocycles. The molecule has 0 aliphatic heterocycles. The second kappa shape index (κ2) is 6.75. The van der Waals surface area contributed by atoms with Crippen LogP contribution in [0.2, 0.25) is 0 Å². The van der Waals surface area contributed by atoms with Crippen LogP contribution in [0.5, 0.6) is 0 Å². The van der Waals surface area contributed by atoms with Gasteiger partial charge in [0.2, 0.25) is 5.91 Å². The van der Waals surface area contributed by atoms with Gasteiger partial charge >= 0.3 is 0 Å². The van der Waals surface area contributed by atoms with Crippen molar-refractivity contribution in [2.24, 2.45) is 0 Å². The van der Waals surface area contributed by atoms with Crippen LogP contribution in [0, 0.1) is 13.8 Å². The van der Waals surface area contributed by atoms with Crippen LogP contribution in [0.4, 0.5) is 5.82 Å². The predicted octanol–water partition coefficient (Wildman–Crippen LogP) is 3.04. The van der Waals surface area contributed by atoms with Gasteiger partial charge in [-0.2, -0.15) is 0 Å². The summed E-state index contributed by atoms with van der Waals surface area (Å²) in [6.07, 6.45) is 1.52. The highest BCUT2D eigenvalue weighted by Crippen LogP contribution is 2.27. The highest BCUT2D eigenvalue weighted by Gasteiger charge is 2.08. The molecule has 1 aromatic carbocycles. The topological polar surface area (TPSA) is 66.9 Å². The largest absolute Gasteiger partial charge is 0.360 e. The van der Waals surface area contributed by atoms with E-state index >= 15 is 0 Å². The number of fused-ring (bicyclic) bond motifs is 1. The number of anilines is 1. The third-order valence-corrected chi connectivity index (χ3v) is 4.44. The highest BCUT2D eigenvalue weighted by atomic mass is 32.1. The molecule has 0 radical (unpaired) electrons. The predicted molar refractivity (Wildman–Crippen MR) is 93.7 cm³/mol. The van der Waals surface area contributed by atoms with Gasteiger partial charge in [-0.15, -0.1) is 11.3 Å². The summed E-state index contributed by atoms with van der Waals surface area (Å²) in [5.41, 5.74) is 2.29. The Kier molecular flexibility index (Phi) is 4.52. The molecule has 118 valence electrons. The molecule has 0 spiro atoms. The van der Waals surface area contributed by atoms with E-state index in [0.717, 1.165) is 15.8 Å². The first-order valence-electron chi connectivity index (χ1n) is 7.39. The van der Waals surface area contributed by atoms with Gasteiger partial charge < -0.3 is 10.6 Å². The lowest BCUT2D eigenvalue weighted by molar-refractivity contribution is -0.119. The molecule has 1 amide bonds. The number of nitrogens with one attached hydrogen (secondary N) is 2. The Morgan fingerprint density at radius 2 is 1.96 bits per heavy atom. The van der Waals surface area contributed by atoms with Crippen molar-refractivity contribution in [1.29, 1.82) is 0 Å². The fraction of sp³-hybridized carbons (Fsp3) is 0.235. The van der Waals surface area contributed by atoms with E-state index < -0.39 is 0 Å². The lowest BCUT2D eigenvalue weighted by Crippen LogP contribution is -2.29. The number of amides is 1. The summed E-state index contributed by atoms with van der Waals surface area (Å²) in [6, 6.07) is 10.1. The average Bonchev–Trinajstić information content (AvgIpc) is 2.93. The van der Waals surface area contributed by atoms with Crippen LogP contribution in [0.3, 0.4) is 0 Å². The first kappa shape index (κ1) is 15.4. The monoisotopic (exact) mass is 326 g/mol.